The molecule has 0 aliphatic heterocycles. The third-order valence-electron chi connectivity index (χ3n) is 3.08. The summed E-state index contributed by atoms with van der Waals surface area (Å²) in [5.74, 6) is 0.866. The van der Waals surface area contributed by atoms with Crippen molar-refractivity contribution >= 4 is 27.3 Å². The van der Waals surface area contributed by atoms with Gasteiger partial charge in [0, 0.05) is 10.3 Å². The van der Waals surface area contributed by atoms with E-state index in [0.29, 0.717) is 0 Å². The molecule has 2 N–H and O–H groups in total. The number of nitrogen functional groups attached to an aromatic ring is 1. The summed E-state index contributed by atoms with van der Waals surface area (Å²) in [5.41, 5.74) is 9.22. The fraction of sp³-hybridized carbons (Fsp3) is 0.143. The van der Waals surface area contributed by atoms with Crippen LogP contribution < -0.4 is 5.73 Å². The normalized spacial score (nSPS) is 11.2. The summed E-state index contributed by atoms with van der Waals surface area (Å²) >= 11 is 1.62. The molecular weight excluding hydrogens is 230 g/mol. The van der Waals surface area contributed by atoms with Crippen molar-refractivity contribution in [2.75, 3.05) is 5.73 Å². The standard InChI is InChI=1S/C14H13NOS/c1-8-9(2)17-14(15)13(8)12-7-10-5-3-4-6-11(10)16-12/h3-7H,15H2,1-2H3. The van der Waals surface area contributed by atoms with Gasteiger partial charge in [-0.25, -0.2) is 0 Å². The van der Waals surface area contributed by atoms with E-state index >= 15 is 0 Å². The van der Waals surface area contributed by atoms with E-state index < -0.39 is 0 Å². The molecule has 0 unspecified atom stereocenters. The first-order valence-corrected chi connectivity index (χ1v) is 6.33. The van der Waals surface area contributed by atoms with Gasteiger partial charge < -0.3 is 10.2 Å². The Morgan fingerprint density at radius 3 is 2.59 bits per heavy atom. The molecule has 1 aromatic carbocycles. The largest absolute Gasteiger partial charge is 0.456 e. The maximum atomic E-state index is 6.05. The summed E-state index contributed by atoms with van der Waals surface area (Å²) in [6, 6.07) is 10.1. The lowest BCUT2D eigenvalue weighted by Gasteiger charge is -1.97. The van der Waals surface area contributed by atoms with Gasteiger partial charge in [0.15, 0.2) is 0 Å². The van der Waals surface area contributed by atoms with E-state index in [1.165, 1.54) is 10.4 Å². The number of nitrogens with two attached hydrogens (primary N) is 1. The number of rotatable bonds is 1. The van der Waals surface area contributed by atoms with Crippen molar-refractivity contribution in [3.63, 3.8) is 0 Å². The van der Waals surface area contributed by atoms with Gasteiger partial charge in [-0.05, 0) is 31.5 Å². The van der Waals surface area contributed by atoms with Crippen molar-refractivity contribution in [3.05, 3.63) is 40.8 Å². The molecule has 3 aromatic rings. The highest BCUT2D eigenvalue weighted by molar-refractivity contribution is 7.16. The Kier molecular flexibility index (Phi) is 2.23. The van der Waals surface area contributed by atoms with E-state index in [9.17, 15) is 0 Å². The zero-order valence-electron chi connectivity index (χ0n) is 9.78. The molecule has 3 rings (SSSR count). The van der Waals surface area contributed by atoms with Crippen LogP contribution in [0.2, 0.25) is 0 Å². The molecule has 0 aliphatic carbocycles. The van der Waals surface area contributed by atoms with E-state index in [2.05, 4.69) is 19.9 Å². The third kappa shape index (κ3) is 1.54. The second-order valence-corrected chi connectivity index (χ2v) is 5.43. The average Bonchev–Trinajstić information content (AvgIpc) is 2.81. The minimum absolute atomic E-state index is 0.832. The highest BCUT2D eigenvalue weighted by atomic mass is 32.1. The van der Waals surface area contributed by atoms with E-state index in [1.54, 1.807) is 11.3 Å². The first-order chi connectivity index (χ1) is 8.16. The third-order valence-corrected chi connectivity index (χ3v) is 4.12. The van der Waals surface area contributed by atoms with E-state index in [0.717, 1.165) is 27.3 Å². The highest BCUT2D eigenvalue weighted by Gasteiger charge is 2.15. The van der Waals surface area contributed by atoms with Gasteiger partial charge in [0.05, 0.1) is 10.6 Å². The van der Waals surface area contributed by atoms with Crippen molar-refractivity contribution in [2.24, 2.45) is 0 Å². The summed E-state index contributed by atoms with van der Waals surface area (Å²) in [6.45, 7) is 4.17. The van der Waals surface area contributed by atoms with Gasteiger partial charge in [0.25, 0.3) is 0 Å². The van der Waals surface area contributed by atoms with E-state index in [-0.39, 0.29) is 0 Å². The fourth-order valence-corrected chi connectivity index (χ4v) is 3.01. The molecule has 0 fully saturated rings. The van der Waals surface area contributed by atoms with Crippen molar-refractivity contribution in [1.82, 2.24) is 0 Å². The number of thiophene rings is 1. The first-order valence-electron chi connectivity index (χ1n) is 5.51. The number of fused-ring (bicyclic) bond motifs is 1. The van der Waals surface area contributed by atoms with Crippen LogP contribution in [-0.2, 0) is 0 Å². The van der Waals surface area contributed by atoms with Crippen molar-refractivity contribution in [2.45, 2.75) is 13.8 Å². The zero-order chi connectivity index (χ0) is 12.0. The predicted molar refractivity (Wildman–Crippen MR) is 73.4 cm³/mol. The number of hydrogen-bond donors (Lipinski definition) is 1. The van der Waals surface area contributed by atoms with Crippen LogP contribution in [0.1, 0.15) is 10.4 Å². The Bertz CT molecular complexity index is 660. The Labute approximate surface area is 104 Å². The Balaban J connectivity index is 2.27. The lowest BCUT2D eigenvalue weighted by atomic mass is 10.1. The molecule has 0 spiro atoms. The topological polar surface area (TPSA) is 39.2 Å². The minimum atomic E-state index is 0.832. The molecule has 3 heteroatoms. The van der Waals surface area contributed by atoms with E-state index in [4.69, 9.17) is 10.2 Å². The smallest absolute Gasteiger partial charge is 0.138 e. The van der Waals surface area contributed by atoms with Gasteiger partial charge in [-0.2, -0.15) is 0 Å². The van der Waals surface area contributed by atoms with Crippen molar-refractivity contribution in [1.29, 1.82) is 0 Å². The molecule has 0 atom stereocenters. The quantitative estimate of drug-likeness (QED) is 0.689. The number of anilines is 1. The fourth-order valence-electron chi connectivity index (χ4n) is 2.06. The average molecular weight is 243 g/mol. The second kappa shape index (κ2) is 3.64. The first kappa shape index (κ1) is 10.4. The second-order valence-electron chi connectivity index (χ2n) is 4.17. The Morgan fingerprint density at radius 1 is 1.18 bits per heavy atom. The number of benzene rings is 1. The Morgan fingerprint density at radius 2 is 1.94 bits per heavy atom. The van der Waals surface area contributed by atoms with Crippen LogP contribution in [-0.4, -0.2) is 0 Å². The van der Waals surface area contributed by atoms with Crippen molar-refractivity contribution in [3.8, 4) is 11.3 Å². The summed E-state index contributed by atoms with van der Waals surface area (Å²) in [5, 5.41) is 1.95. The van der Waals surface area contributed by atoms with Crippen LogP contribution in [0.25, 0.3) is 22.3 Å². The van der Waals surface area contributed by atoms with Gasteiger partial charge in [-0.3, -0.25) is 0 Å². The number of aryl methyl sites for hydroxylation is 1. The zero-order valence-corrected chi connectivity index (χ0v) is 10.6. The number of para-hydroxylation sites is 1. The van der Waals surface area contributed by atoms with Gasteiger partial charge in [0.1, 0.15) is 11.3 Å². The summed E-state index contributed by atoms with van der Waals surface area (Å²) in [4.78, 5) is 1.25. The minimum Gasteiger partial charge on any atom is -0.456 e. The van der Waals surface area contributed by atoms with Crippen molar-refractivity contribution < 1.29 is 4.42 Å². The molecule has 0 aliphatic rings. The maximum Gasteiger partial charge on any atom is 0.138 e. The van der Waals surface area contributed by atoms with Crippen LogP contribution in [0.5, 0.6) is 0 Å². The van der Waals surface area contributed by atoms with Gasteiger partial charge in [0.2, 0.25) is 0 Å². The van der Waals surface area contributed by atoms with Gasteiger partial charge >= 0.3 is 0 Å². The molecule has 2 aromatic heterocycles. The molecule has 0 saturated carbocycles. The van der Waals surface area contributed by atoms with E-state index in [1.807, 2.05) is 24.3 Å². The molecule has 2 heterocycles. The summed E-state index contributed by atoms with van der Waals surface area (Å²) < 4.78 is 5.86. The van der Waals surface area contributed by atoms with Crippen LogP contribution in [0, 0.1) is 13.8 Å². The number of furan rings is 1. The molecule has 86 valence electrons. The molecule has 0 radical (unpaired) electrons. The van der Waals surface area contributed by atoms with Crippen LogP contribution in [0.15, 0.2) is 34.7 Å². The Hall–Kier alpha value is -1.74. The molecule has 0 bridgehead atoms. The number of hydrogen-bond acceptors (Lipinski definition) is 3. The lowest BCUT2D eigenvalue weighted by Crippen LogP contribution is -1.83. The molecule has 2 nitrogen and oxygen atoms in total. The molecule has 17 heavy (non-hydrogen) atoms. The van der Waals surface area contributed by atoms with Gasteiger partial charge in [-0.15, -0.1) is 11.3 Å². The molecule has 0 amide bonds. The van der Waals surface area contributed by atoms with Crippen LogP contribution >= 0.6 is 11.3 Å². The lowest BCUT2D eigenvalue weighted by molar-refractivity contribution is 0.631. The molecular formula is C14H13NOS. The molecule has 0 saturated heterocycles. The van der Waals surface area contributed by atoms with Crippen LogP contribution in [0.4, 0.5) is 5.00 Å². The highest BCUT2D eigenvalue weighted by Crippen LogP contribution is 2.40. The SMILES string of the molecule is Cc1sc(N)c(-c2cc3ccccc3o2)c1C. The summed E-state index contributed by atoms with van der Waals surface area (Å²) in [7, 11) is 0. The summed E-state index contributed by atoms with van der Waals surface area (Å²) in [6.07, 6.45) is 0. The van der Waals surface area contributed by atoms with Crippen LogP contribution in [0.3, 0.4) is 0 Å². The van der Waals surface area contributed by atoms with Gasteiger partial charge in [-0.1, -0.05) is 18.2 Å². The maximum absolute atomic E-state index is 6.05. The monoisotopic (exact) mass is 243 g/mol. The predicted octanol–water partition coefficient (Wildman–Crippen LogP) is 4.36.